The van der Waals surface area contributed by atoms with Gasteiger partial charge in [-0.1, -0.05) is 12.1 Å². The second-order valence-electron chi connectivity index (χ2n) is 10.0. The van der Waals surface area contributed by atoms with Gasteiger partial charge in [0.15, 0.2) is 11.6 Å². The van der Waals surface area contributed by atoms with Crippen LogP contribution in [0.1, 0.15) is 55.6 Å². The molecule has 0 amide bonds. The lowest BCUT2D eigenvalue weighted by Crippen LogP contribution is -2.34. The highest BCUT2D eigenvalue weighted by atomic mass is 32.2. The average Bonchev–Trinajstić information content (AvgIpc) is 3.27. The molecule has 0 saturated heterocycles. The molecule has 1 aliphatic heterocycles. The first-order valence-corrected chi connectivity index (χ1v) is 13.8. The first-order chi connectivity index (χ1) is 16.8. The number of rotatable bonds is 6. The minimum absolute atomic E-state index is 0.106. The lowest BCUT2D eigenvalue weighted by atomic mass is 9.79. The van der Waals surface area contributed by atoms with E-state index in [0.717, 1.165) is 74.5 Å². The Labute approximate surface area is 204 Å². The first kappa shape index (κ1) is 24.3. The topological polar surface area (TPSA) is 70.6 Å². The van der Waals surface area contributed by atoms with Crippen LogP contribution < -0.4 is 10.0 Å². The Morgan fingerprint density at radius 3 is 2.31 bits per heavy atom. The molecule has 1 heterocycles. The number of benzene rings is 2. The summed E-state index contributed by atoms with van der Waals surface area (Å²) in [6, 6.07) is 8.20. The first-order valence-electron chi connectivity index (χ1n) is 12.3. The minimum atomic E-state index is -3.86. The van der Waals surface area contributed by atoms with E-state index in [0.29, 0.717) is 12.5 Å². The SMILES string of the molecule is O=S(=O)(NCC1CCC(CNC2=N[C@@H]3CCc4cc(F)c(F)cc4[C@@H]3C2)CC1)c1ccccc1F. The van der Waals surface area contributed by atoms with Crippen molar-refractivity contribution in [2.24, 2.45) is 16.8 Å². The molecule has 35 heavy (non-hydrogen) atoms. The molecule has 2 aromatic carbocycles. The molecule has 0 spiro atoms. The van der Waals surface area contributed by atoms with E-state index in [1.54, 1.807) is 0 Å². The minimum Gasteiger partial charge on any atom is -0.374 e. The van der Waals surface area contributed by atoms with Crippen LogP contribution in [-0.4, -0.2) is 33.4 Å². The number of halogens is 3. The molecule has 188 valence electrons. The van der Waals surface area contributed by atoms with E-state index in [2.05, 4.69) is 10.0 Å². The zero-order valence-corrected chi connectivity index (χ0v) is 20.3. The Morgan fingerprint density at radius 1 is 0.886 bits per heavy atom. The molecule has 2 N–H and O–H groups in total. The van der Waals surface area contributed by atoms with Crippen LogP contribution in [0.5, 0.6) is 0 Å². The third kappa shape index (κ3) is 5.26. The molecule has 2 aliphatic carbocycles. The fourth-order valence-corrected chi connectivity index (χ4v) is 6.92. The summed E-state index contributed by atoms with van der Waals surface area (Å²) < 4.78 is 68.7. The second-order valence-corrected chi connectivity index (χ2v) is 11.7. The summed E-state index contributed by atoms with van der Waals surface area (Å²) in [5.41, 5.74) is 1.78. The smallest absolute Gasteiger partial charge is 0.243 e. The van der Waals surface area contributed by atoms with Gasteiger partial charge in [0, 0.05) is 25.4 Å². The molecule has 2 aromatic rings. The van der Waals surface area contributed by atoms with Crippen LogP contribution in [0.15, 0.2) is 46.3 Å². The highest BCUT2D eigenvalue weighted by Gasteiger charge is 2.36. The fraction of sp³-hybridized carbons (Fsp3) is 0.500. The fourth-order valence-electron chi connectivity index (χ4n) is 5.73. The van der Waals surface area contributed by atoms with Crippen molar-refractivity contribution >= 4 is 15.9 Å². The highest BCUT2D eigenvalue weighted by molar-refractivity contribution is 7.89. The van der Waals surface area contributed by atoms with Gasteiger partial charge in [0.1, 0.15) is 10.7 Å². The summed E-state index contributed by atoms with van der Waals surface area (Å²) in [5.74, 6) is -0.573. The van der Waals surface area contributed by atoms with E-state index in [9.17, 15) is 21.6 Å². The molecular weight excluding hydrogens is 475 g/mol. The number of fused-ring (bicyclic) bond motifs is 3. The predicted molar refractivity (Wildman–Crippen MR) is 128 cm³/mol. The van der Waals surface area contributed by atoms with E-state index in [1.807, 2.05) is 0 Å². The molecular formula is C26H30F3N3O2S. The zero-order valence-electron chi connectivity index (χ0n) is 19.4. The molecule has 1 fully saturated rings. The van der Waals surface area contributed by atoms with Crippen molar-refractivity contribution in [1.82, 2.24) is 10.0 Å². The summed E-state index contributed by atoms with van der Waals surface area (Å²) in [4.78, 5) is 4.52. The Kier molecular flexibility index (Phi) is 6.90. The van der Waals surface area contributed by atoms with Gasteiger partial charge in [-0.15, -0.1) is 0 Å². The summed E-state index contributed by atoms with van der Waals surface area (Å²) in [5, 5.41) is 3.49. The molecule has 2 atom stereocenters. The zero-order chi connectivity index (χ0) is 24.6. The number of hydrogen-bond donors (Lipinski definition) is 2. The Morgan fingerprint density at radius 2 is 1.57 bits per heavy atom. The van der Waals surface area contributed by atoms with E-state index in [-0.39, 0.29) is 22.8 Å². The third-order valence-corrected chi connectivity index (χ3v) is 9.20. The van der Waals surface area contributed by atoms with Crippen molar-refractivity contribution in [2.45, 2.75) is 61.8 Å². The predicted octanol–water partition coefficient (Wildman–Crippen LogP) is 4.68. The van der Waals surface area contributed by atoms with Gasteiger partial charge in [-0.25, -0.2) is 26.3 Å². The Bertz CT molecular complexity index is 1230. The number of nitrogens with zero attached hydrogens (tertiary/aromatic N) is 1. The van der Waals surface area contributed by atoms with Gasteiger partial charge in [-0.3, -0.25) is 4.99 Å². The maximum atomic E-state index is 13.9. The van der Waals surface area contributed by atoms with Crippen molar-refractivity contribution in [3.8, 4) is 0 Å². The van der Waals surface area contributed by atoms with Gasteiger partial charge in [-0.05, 0) is 85.8 Å². The van der Waals surface area contributed by atoms with Crippen LogP contribution in [0.25, 0.3) is 0 Å². The standard InChI is InChI=1S/C26H30F3N3O2S/c27-21-3-1-2-4-25(21)35(33,34)31-15-17-7-5-16(6-8-17)14-30-26-13-20-19-12-23(29)22(28)11-18(19)9-10-24(20)32-26/h1-4,11-12,16-17,20,24,31H,5-10,13-15H2,(H,30,32)/t16?,17?,20-,24+/m0/s1. The number of nitrogens with one attached hydrogen (secondary N) is 2. The van der Waals surface area contributed by atoms with Crippen molar-refractivity contribution in [2.75, 3.05) is 13.1 Å². The van der Waals surface area contributed by atoms with E-state index >= 15 is 0 Å². The summed E-state index contributed by atoms with van der Waals surface area (Å²) in [6.07, 6.45) is 6.05. The number of hydrogen-bond acceptors (Lipinski definition) is 4. The average molecular weight is 506 g/mol. The number of amidine groups is 1. The molecule has 5 rings (SSSR count). The van der Waals surface area contributed by atoms with Gasteiger partial charge >= 0.3 is 0 Å². The molecule has 3 aliphatic rings. The monoisotopic (exact) mass is 505 g/mol. The molecule has 0 unspecified atom stereocenters. The summed E-state index contributed by atoms with van der Waals surface area (Å²) >= 11 is 0. The van der Waals surface area contributed by atoms with Crippen LogP contribution in [0.3, 0.4) is 0 Å². The van der Waals surface area contributed by atoms with Crippen molar-refractivity contribution in [1.29, 1.82) is 0 Å². The van der Waals surface area contributed by atoms with Crippen LogP contribution in [0.4, 0.5) is 13.2 Å². The summed E-state index contributed by atoms with van der Waals surface area (Å²) in [6.45, 7) is 1.11. The maximum absolute atomic E-state index is 13.9. The molecule has 0 bridgehead atoms. The molecule has 0 aromatic heterocycles. The second kappa shape index (κ2) is 9.93. The van der Waals surface area contributed by atoms with Gasteiger partial charge in [0.25, 0.3) is 0 Å². The van der Waals surface area contributed by atoms with E-state index in [4.69, 9.17) is 4.99 Å². The maximum Gasteiger partial charge on any atom is 0.243 e. The van der Waals surface area contributed by atoms with Gasteiger partial charge < -0.3 is 5.32 Å². The van der Waals surface area contributed by atoms with E-state index < -0.39 is 27.5 Å². The largest absolute Gasteiger partial charge is 0.374 e. The lowest BCUT2D eigenvalue weighted by Gasteiger charge is -2.29. The van der Waals surface area contributed by atoms with Gasteiger partial charge in [0.05, 0.1) is 11.9 Å². The molecule has 9 heteroatoms. The van der Waals surface area contributed by atoms with Crippen LogP contribution in [0.2, 0.25) is 0 Å². The molecule has 5 nitrogen and oxygen atoms in total. The third-order valence-electron chi connectivity index (χ3n) is 7.74. The van der Waals surface area contributed by atoms with Crippen molar-refractivity contribution < 1.29 is 21.6 Å². The van der Waals surface area contributed by atoms with Gasteiger partial charge in [-0.2, -0.15) is 0 Å². The summed E-state index contributed by atoms with van der Waals surface area (Å²) in [7, 11) is -3.86. The highest BCUT2D eigenvalue weighted by Crippen LogP contribution is 2.40. The number of aryl methyl sites for hydroxylation is 1. The normalized spacial score (nSPS) is 26.1. The van der Waals surface area contributed by atoms with Crippen LogP contribution in [0, 0.1) is 29.3 Å². The van der Waals surface area contributed by atoms with Crippen LogP contribution >= 0.6 is 0 Å². The van der Waals surface area contributed by atoms with Crippen molar-refractivity contribution in [3.63, 3.8) is 0 Å². The molecule has 1 saturated carbocycles. The van der Waals surface area contributed by atoms with Gasteiger partial charge in [0.2, 0.25) is 10.0 Å². The Hall–Kier alpha value is -2.39. The number of aliphatic imine (C=N–C) groups is 1. The van der Waals surface area contributed by atoms with E-state index in [1.165, 1.54) is 30.3 Å². The molecule has 0 radical (unpaired) electrons. The lowest BCUT2D eigenvalue weighted by molar-refractivity contribution is 0.275. The van der Waals surface area contributed by atoms with Crippen LogP contribution in [-0.2, 0) is 16.4 Å². The number of sulfonamides is 1. The van der Waals surface area contributed by atoms with Crippen molar-refractivity contribution in [3.05, 3.63) is 65.0 Å². The quantitative estimate of drug-likeness (QED) is 0.599. The Balaban J connectivity index is 1.08.